The van der Waals surface area contributed by atoms with E-state index in [9.17, 15) is 61.6 Å². The summed E-state index contributed by atoms with van der Waals surface area (Å²) >= 11 is 0. The molecule has 12 nitrogen and oxygen atoms in total. The van der Waals surface area contributed by atoms with E-state index in [0.717, 1.165) is 6.08 Å². The number of rotatable bonds is 7. The average molecular weight is 672 g/mol. The number of carbonyl (C=O) groups excluding carboxylic acids is 4. The fraction of sp³-hybridized carbons (Fsp3) is 0.400. The molecule has 5 N–H and O–H groups in total. The number of aliphatic hydroxyl groups excluding tert-OH is 2. The van der Waals surface area contributed by atoms with Gasteiger partial charge in [-0.2, -0.15) is 22.0 Å². The largest absolute Gasteiger partial charge is 0.507 e. The van der Waals surface area contributed by atoms with Gasteiger partial charge in [-0.1, -0.05) is 12.1 Å². The van der Waals surface area contributed by atoms with Gasteiger partial charge in [0.1, 0.15) is 30.0 Å². The van der Waals surface area contributed by atoms with Gasteiger partial charge in [0.25, 0.3) is 0 Å². The highest BCUT2D eigenvalue weighted by atomic mass is 19.4. The number of phenolic OH excluding ortho intramolecular Hbond substituents is 2. The van der Waals surface area contributed by atoms with Gasteiger partial charge in [0.05, 0.1) is 42.0 Å². The van der Waals surface area contributed by atoms with Crippen LogP contribution in [-0.4, -0.2) is 94.0 Å². The first-order valence-electron chi connectivity index (χ1n) is 13.9. The Balaban J connectivity index is 1.56. The van der Waals surface area contributed by atoms with Gasteiger partial charge in [-0.25, -0.2) is 0 Å². The number of aliphatic hydroxyl groups is 2. The van der Waals surface area contributed by atoms with E-state index in [1.807, 2.05) is 0 Å². The number of Topliss-reactive ketones (excluding diaryl/α,β-unsaturated/α-hetero) is 1. The Morgan fingerprint density at radius 1 is 1.04 bits per heavy atom. The van der Waals surface area contributed by atoms with Gasteiger partial charge >= 0.3 is 18.0 Å². The van der Waals surface area contributed by atoms with Crippen LogP contribution in [0.5, 0.6) is 17.2 Å². The summed E-state index contributed by atoms with van der Waals surface area (Å²) < 4.78 is 82.3. The third-order valence-corrected chi connectivity index (χ3v) is 8.22. The van der Waals surface area contributed by atoms with Crippen molar-refractivity contribution in [1.82, 2.24) is 5.32 Å². The molecule has 1 aliphatic heterocycles. The lowest BCUT2D eigenvalue weighted by molar-refractivity contribution is -0.272. The lowest BCUT2D eigenvalue weighted by Crippen LogP contribution is -2.60. The van der Waals surface area contributed by atoms with Gasteiger partial charge in [-0.15, -0.1) is 0 Å². The molecule has 0 bridgehead atoms. The lowest BCUT2D eigenvalue weighted by Gasteiger charge is -2.40. The summed E-state index contributed by atoms with van der Waals surface area (Å²) in [5.74, 6) is -12.9. The van der Waals surface area contributed by atoms with Crippen molar-refractivity contribution in [2.75, 3.05) is 13.7 Å². The van der Waals surface area contributed by atoms with E-state index < -0.39 is 108 Å². The van der Waals surface area contributed by atoms with Crippen molar-refractivity contribution >= 4 is 29.3 Å². The SMILES string of the molecule is COc1cccc2c1C(=O)c1c(O)c3c(c(O)c1C2=O)C=C(C(=O)CO)C[C@@H]3OC1CC(NC(=O)C(F)(F)C(F)(F)F)C(O)C(C)O1. The quantitative estimate of drug-likeness (QED) is 0.183. The molecule has 1 heterocycles. The van der Waals surface area contributed by atoms with E-state index in [0.29, 0.717) is 0 Å². The van der Waals surface area contributed by atoms with Crippen molar-refractivity contribution < 1.29 is 75.8 Å². The zero-order valence-corrected chi connectivity index (χ0v) is 24.4. The maximum absolute atomic E-state index is 13.7. The van der Waals surface area contributed by atoms with E-state index in [1.54, 1.807) is 0 Å². The molecule has 1 amide bonds. The predicted octanol–water partition coefficient (Wildman–Crippen LogP) is 2.47. The minimum absolute atomic E-state index is 0.0148. The second kappa shape index (κ2) is 12.0. The van der Waals surface area contributed by atoms with E-state index in [1.165, 1.54) is 37.5 Å². The number of amides is 1. The summed E-state index contributed by atoms with van der Waals surface area (Å²) in [6.45, 7) is 0.187. The number of phenols is 2. The van der Waals surface area contributed by atoms with Crippen LogP contribution in [-0.2, 0) is 19.1 Å². The molecule has 3 aliphatic rings. The number of fused-ring (bicyclic) bond motifs is 3. The molecule has 2 aromatic carbocycles. The number of alkyl halides is 5. The highest BCUT2D eigenvalue weighted by Crippen LogP contribution is 2.51. The molecule has 1 fully saturated rings. The van der Waals surface area contributed by atoms with Crippen molar-refractivity contribution in [1.29, 1.82) is 0 Å². The third kappa shape index (κ3) is 5.52. The smallest absolute Gasteiger partial charge is 0.463 e. The Morgan fingerprint density at radius 2 is 1.70 bits per heavy atom. The number of aromatic hydroxyl groups is 2. The molecule has 5 atom stereocenters. The first-order chi connectivity index (χ1) is 21.9. The summed E-state index contributed by atoms with van der Waals surface area (Å²) in [4.78, 5) is 51.7. The maximum Gasteiger partial charge on any atom is 0.463 e. The number of methoxy groups -OCH3 is 1. The molecule has 0 spiro atoms. The van der Waals surface area contributed by atoms with Crippen LogP contribution in [0.3, 0.4) is 0 Å². The molecule has 5 rings (SSSR count). The fourth-order valence-corrected chi connectivity index (χ4v) is 5.86. The minimum Gasteiger partial charge on any atom is -0.507 e. The first-order valence-corrected chi connectivity index (χ1v) is 13.9. The summed E-state index contributed by atoms with van der Waals surface area (Å²) in [7, 11) is 1.24. The van der Waals surface area contributed by atoms with Gasteiger partial charge in [0.2, 0.25) is 5.78 Å². The molecule has 252 valence electrons. The molecule has 1 saturated heterocycles. The number of benzene rings is 2. The summed E-state index contributed by atoms with van der Waals surface area (Å²) in [5, 5.41) is 44.2. The summed E-state index contributed by atoms with van der Waals surface area (Å²) in [6.07, 6.45) is -12.6. The molecule has 0 saturated carbocycles. The Morgan fingerprint density at radius 3 is 2.32 bits per heavy atom. The van der Waals surface area contributed by atoms with Gasteiger partial charge in [0, 0.05) is 35.1 Å². The van der Waals surface area contributed by atoms with E-state index in [2.05, 4.69) is 0 Å². The number of nitrogens with one attached hydrogen (secondary N) is 1. The normalized spacial score (nSPS) is 24.1. The molecular weight excluding hydrogens is 645 g/mol. The maximum atomic E-state index is 13.7. The molecule has 2 aliphatic carbocycles. The van der Waals surface area contributed by atoms with Crippen molar-refractivity contribution in [2.24, 2.45) is 0 Å². The van der Waals surface area contributed by atoms with Gasteiger partial charge in [0.15, 0.2) is 17.9 Å². The Hall–Kier alpha value is -4.45. The fourth-order valence-electron chi connectivity index (χ4n) is 5.86. The van der Waals surface area contributed by atoms with Crippen molar-refractivity contribution in [3.8, 4) is 17.2 Å². The molecule has 4 unspecified atom stereocenters. The minimum atomic E-state index is -6.23. The number of ether oxygens (including phenoxy) is 3. The summed E-state index contributed by atoms with van der Waals surface area (Å²) in [6, 6.07) is 2.35. The average Bonchev–Trinajstić information content (AvgIpc) is 3.02. The van der Waals surface area contributed by atoms with Crippen LogP contribution in [0.15, 0.2) is 23.8 Å². The standard InChI is InChI=1S/C30H26F5NO11/c1-10-23(39)14(36-28(44)29(31,32)30(33,34)35)8-18(46-10)47-17-7-11(15(38)9-37)6-13-20(17)27(43)22-21(25(13)41)24(40)12-4-3-5-16(45-2)19(12)26(22)42/h3-6,10,14,17-18,23,37,39,41,43H,7-9H2,1-2H3,(H,36,44)/t10?,14?,17-,18?,23?/m0/s1. The van der Waals surface area contributed by atoms with Crippen LogP contribution in [0.1, 0.15) is 68.8 Å². The zero-order valence-electron chi connectivity index (χ0n) is 24.4. The van der Waals surface area contributed by atoms with Gasteiger partial charge in [-0.3, -0.25) is 19.2 Å². The molecule has 0 aromatic heterocycles. The predicted molar refractivity (Wildman–Crippen MR) is 146 cm³/mol. The number of hydrogen-bond acceptors (Lipinski definition) is 11. The van der Waals surface area contributed by atoms with Crippen molar-refractivity contribution in [2.45, 2.75) is 62.5 Å². The van der Waals surface area contributed by atoms with E-state index >= 15 is 0 Å². The van der Waals surface area contributed by atoms with Crippen LogP contribution in [0.4, 0.5) is 22.0 Å². The zero-order chi connectivity index (χ0) is 34.7. The highest BCUT2D eigenvalue weighted by molar-refractivity contribution is 6.31. The lowest BCUT2D eigenvalue weighted by atomic mass is 9.77. The van der Waals surface area contributed by atoms with Crippen molar-refractivity contribution in [3.63, 3.8) is 0 Å². The molecule has 17 heteroatoms. The van der Waals surface area contributed by atoms with Gasteiger partial charge in [-0.05, 0) is 19.1 Å². The highest BCUT2D eigenvalue weighted by Gasteiger charge is 2.64. The monoisotopic (exact) mass is 671 g/mol. The Bertz CT molecular complexity index is 1720. The number of halogens is 5. The molecule has 47 heavy (non-hydrogen) atoms. The topological polar surface area (TPSA) is 189 Å². The van der Waals surface area contributed by atoms with Crippen LogP contribution < -0.4 is 10.1 Å². The van der Waals surface area contributed by atoms with E-state index in [-0.39, 0.29) is 33.6 Å². The number of carbonyl (C=O) groups is 4. The van der Waals surface area contributed by atoms with Crippen LogP contribution >= 0.6 is 0 Å². The summed E-state index contributed by atoms with van der Waals surface area (Å²) in [5.41, 5.74) is -2.45. The van der Waals surface area contributed by atoms with E-state index in [4.69, 9.17) is 14.2 Å². The second-order valence-corrected chi connectivity index (χ2v) is 11.0. The molecule has 2 aromatic rings. The number of hydrogen-bond donors (Lipinski definition) is 5. The number of ketones is 3. The van der Waals surface area contributed by atoms with Crippen LogP contribution in [0.25, 0.3) is 6.08 Å². The van der Waals surface area contributed by atoms with Crippen LogP contribution in [0, 0.1) is 0 Å². The molecular formula is C30H26F5NO11. The third-order valence-electron chi connectivity index (χ3n) is 8.22. The Labute approximate surface area is 261 Å². The first kappa shape index (κ1) is 33.9. The second-order valence-electron chi connectivity index (χ2n) is 11.0. The molecule has 0 radical (unpaired) electrons. The Kier molecular flexibility index (Phi) is 8.63. The van der Waals surface area contributed by atoms with Gasteiger partial charge < -0.3 is 40.0 Å². The van der Waals surface area contributed by atoms with Crippen LogP contribution in [0.2, 0.25) is 0 Å². The van der Waals surface area contributed by atoms with Crippen molar-refractivity contribution in [3.05, 3.63) is 57.2 Å².